The van der Waals surface area contributed by atoms with Crippen molar-refractivity contribution in [2.24, 2.45) is 0 Å². The van der Waals surface area contributed by atoms with Crippen LogP contribution in [-0.4, -0.2) is 46.8 Å². The van der Waals surface area contributed by atoms with Gasteiger partial charge in [0.25, 0.3) is 0 Å². The van der Waals surface area contributed by atoms with E-state index in [1.165, 1.54) is 10.5 Å². The van der Waals surface area contributed by atoms with Gasteiger partial charge in [0.15, 0.2) is 0 Å². The van der Waals surface area contributed by atoms with Crippen molar-refractivity contribution in [2.45, 2.75) is 38.8 Å². The van der Waals surface area contributed by atoms with E-state index in [0.717, 1.165) is 12.8 Å². The van der Waals surface area contributed by atoms with Crippen molar-refractivity contribution in [1.29, 1.82) is 0 Å². The topological polar surface area (TPSA) is 87.5 Å². The second-order valence-corrected chi connectivity index (χ2v) is 6.26. The Kier molecular flexibility index (Phi) is 4.43. The number of aliphatic hydroxyl groups is 1. The minimum atomic E-state index is -3.62. The third kappa shape index (κ3) is 3.26. The molecule has 8 heteroatoms. The van der Waals surface area contributed by atoms with Gasteiger partial charge in [-0.2, -0.15) is 17.8 Å². The van der Waals surface area contributed by atoms with Crippen LogP contribution in [0, 0.1) is 0 Å². The van der Waals surface area contributed by atoms with Crippen molar-refractivity contribution < 1.29 is 13.5 Å². The Morgan fingerprint density at radius 3 is 2.95 bits per heavy atom. The highest BCUT2D eigenvalue weighted by Crippen LogP contribution is 2.21. The van der Waals surface area contributed by atoms with Gasteiger partial charge in [-0.3, -0.25) is 9.40 Å². The van der Waals surface area contributed by atoms with Crippen molar-refractivity contribution in [3.63, 3.8) is 0 Å². The molecule has 1 saturated heterocycles. The minimum absolute atomic E-state index is 0.144. The van der Waals surface area contributed by atoms with Crippen LogP contribution in [0.3, 0.4) is 0 Å². The molecule has 1 atom stereocenters. The van der Waals surface area contributed by atoms with E-state index in [2.05, 4.69) is 9.82 Å². The fraction of sp³-hybridized carbons (Fsp3) is 0.727. The van der Waals surface area contributed by atoms with E-state index in [4.69, 9.17) is 0 Å². The first kappa shape index (κ1) is 14.3. The van der Waals surface area contributed by atoms with Crippen LogP contribution in [0.5, 0.6) is 0 Å². The third-order valence-corrected chi connectivity index (χ3v) is 4.89. The van der Waals surface area contributed by atoms with Gasteiger partial charge in [-0.15, -0.1) is 0 Å². The number of nitrogens with one attached hydrogen (secondary N) is 1. The van der Waals surface area contributed by atoms with E-state index in [-0.39, 0.29) is 12.6 Å². The molecule has 7 nitrogen and oxygen atoms in total. The van der Waals surface area contributed by atoms with Gasteiger partial charge in [0.2, 0.25) is 0 Å². The van der Waals surface area contributed by atoms with E-state index in [1.54, 1.807) is 10.9 Å². The van der Waals surface area contributed by atoms with Crippen molar-refractivity contribution in [2.75, 3.05) is 17.9 Å². The third-order valence-electron chi connectivity index (χ3n) is 3.30. The zero-order valence-electron chi connectivity index (χ0n) is 11.0. The quantitative estimate of drug-likeness (QED) is 0.821. The second-order valence-electron chi connectivity index (χ2n) is 4.63. The fourth-order valence-corrected chi connectivity index (χ4v) is 3.72. The molecule has 0 bridgehead atoms. The van der Waals surface area contributed by atoms with Gasteiger partial charge in [-0.1, -0.05) is 6.42 Å². The van der Waals surface area contributed by atoms with Gasteiger partial charge in [0.1, 0.15) is 0 Å². The van der Waals surface area contributed by atoms with Gasteiger partial charge >= 0.3 is 10.2 Å². The second kappa shape index (κ2) is 5.89. The molecule has 19 heavy (non-hydrogen) atoms. The van der Waals surface area contributed by atoms with E-state index in [1.807, 2.05) is 6.92 Å². The number of aromatic nitrogens is 2. The number of piperidine rings is 1. The summed E-state index contributed by atoms with van der Waals surface area (Å²) in [7, 11) is -3.62. The maximum atomic E-state index is 12.3. The molecule has 1 fully saturated rings. The largest absolute Gasteiger partial charge is 0.395 e. The minimum Gasteiger partial charge on any atom is -0.395 e. The van der Waals surface area contributed by atoms with Crippen molar-refractivity contribution >= 4 is 15.9 Å². The number of aliphatic hydroxyl groups excluding tert-OH is 1. The maximum absolute atomic E-state index is 12.3. The lowest BCUT2D eigenvalue weighted by molar-refractivity contribution is 0.156. The normalized spacial score (nSPS) is 21.5. The fourth-order valence-electron chi connectivity index (χ4n) is 2.27. The van der Waals surface area contributed by atoms with Gasteiger partial charge in [-0.25, -0.2) is 0 Å². The zero-order chi connectivity index (χ0) is 13.9. The maximum Gasteiger partial charge on any atom is 0.302 e. The van der Waals surface area contributed by atoms with Crippen molar-refractivity contribution in [1.82, 2.24) is 14.1 Å². The number of aryl methyl sites for hydroxylation is 1. The monoisotopic (exact) mass is 288 g/mol. The van der Waals surface area contributed by atoms with Gasteiger partial charge in [0, 0.05) is 25.3 Å². The molecule has 0 aliphatic carbocycles. The zero-order valence-corrected chi connectivity index (χ0v) is 11.8. The highest BCUT2D eigenvalue weighted by Gasteiger charge is 2.31. The Morgan fingerprint density at radius 1 is 1.53 bits per heavy atom. The molecule has 0 aromatic carbocycles. The van der Waals surface area contributed by atoms with Gasteiger partial charge in [0.05, 0.1) is 18.5 Å². The van der Waals surface area contributed by atoms with E-state index >= 15 is 0 Å². The van der Waals surface area contributed by atoms with Crippen molar-refractivity contribution in [3.8, 4) is 0 Å². The molecule has 0 spiro atoms. The average Bonchev–Trinajstić information content (AvgIpc) is 2.85. The molecule has 0 saturated carbocycles. The van der Waals surface area contributed by atoms with Crippen LogP contribution < -0.4 is 4.72 Å². The highest BCUT2D eigenvalue weighted by molar-refractivity contribution is 7.90. The molecule has 0 amide bonds. The van der Waals surface area contributed by atoms with E-state index in [9.17, 15) is 13.5 Å². The Morgan fingerprint density at radius 2 is 2.32 bits per heavy atom. The van der Waals surface area contributed by atoms with E-state index < -0.39 is 10.2 Å². The van der Waals surface area contributed by atoms with Crippen LogP contribution in [0.25, 0.3) is 0 Å². The summed E-state index contributed by atoms with van der Waals surface area (Å²) < 4.78 is 30.1. The summed E-state index contributed by atoms with van der Waals surface area (Å²) in [5.41, 5.74) is 0.448. The molecule has 108 valence electrons. The van der Waals surface area contributed by atoms with Crippen LogP contribution in [0.2, 0.25) is 0 Å². The SMILES string of the molecule is CCn1cc(NS(=O)(=O)N2CCCCC2CO)cn1. The van der Waals surface area contributed by atoms with E-state index in [0.29, 0.717) is 25.2 Å². The first-order valence-electron chi connectivity index (χ1n) is 6.49. The van der Waals surface area contributed by atoms with Gasteiger partial charge in [-0.05, 0) is 19.8 Å². The molecule has 1 aliphatic heterocycles. The van der Waals surface area contributed by atoms with Crippen LogP contribution in [0.1, 0.15) is 26.2 Å². The molecule has 2 N–H and O–H groups in total. The average molecular weight is 288 g/mol. The van der Waals surface area contributed by atoms with Crippen molar-refractivity contribution in [3.05, 3.63) is 12.4 Å². The molecular weight excluding hydrogens is 268 g/mol. The summed E-state index contributed by atoms with van der Waals surface area (Å²) in [4.78, 5) is 0. The lowest BCUT2D eigenvalue weighted by Gasteiger charge is -2.33. The molecular formula is C11H20N4O3S. The predicted molar refractivity (Wildman–Crippen MR) is 71.9 cm³/mol. The highest BCUT2D eigenvalue weighted by atomic mass is 32.2. The standard InChI is InChI=1S/C11H20N4O3S/c1-2-14-8-10(7-12-14)13-19(17,18)15-6-4-3-5-11(15)9-16/h7-8,11,13,16H,2-6,9H2,1H3. The Balaban J connectivity index is 2.12. The molecule has 0 radical (unpaired) electrons. The number of hydrogen-bond donors (Lipinski definition) is 2. The Bertz CT molecular complexity index is 514. The molecule has 1 aliphatic rings. The summed E-state index contributed by atoms with van der Waals surface area (Å²) in [5, 5.41) is 13.3. The van der Waals surface area contributed by atoms with Crippen LogP contribution >= 0.6 is 0 Å². The molecule has 1 aromatic heterocycles. The lowest BCUT2D eigenvalue weighted by Crippen LogP contribution is -2.47. The summed E-state index contributed by atoms with van der Waals surface area (Å²) >= 11 is 0. The van der Waals surface area contributed by atoms with Crippen LogP contribution in [0.4, 0.5) is 5.69 Å². The summed E-state index contributed by atoms with van der Waals surface area (Å²) in [6.07, 6.45) is 5.61. The summed E-state index contributed by atoms with van der Waals surface area (Å²) in [6.45, 7) is 2.92. The lowest BCUT2D eigenvalue weighted by atomic mass is 10.1. The summed E-state index contributed by atoms with van der Waals surface area (Å²) in [5.74, 6) is 0. The molecule has 1 aromatic rings. The molecule has 2 heterocycles. The first-order valence-corrected chi connectivity index (χ1v) is 7.93. The smallest absolute Gasteiger partial charge is 0.302 e. The number of rotatable bonds is 5. The number of anilines is 1. The Labute approximate surface area is 113 Å². The number of nitrogens with zero attached hydrogens (tertiary/aromatic N) is 3. The van der Waals surface area contributed by atoms with Crippen LogP contribution in [-0.2, 0) is 16.8 Å². The van der Waals surface area contributed by atoms with Gasteiger partial charge < -0.3 is 5.11 Å². The first-order chi connectivity index (χ1) is 9.06. The summed E-state index contributed by atoms with van der Waals surface area (Å²) in [6, 6.07) is -0.326. The molecule has 2 rings (SSSR count). The predicted octanol–water partition coefficient (Wildman–Crippen LogP) is 0.406. The number of hydrogen-bond acceptors (Lipinski definition) is 4. The van der Waals surface area contributed by atoms with Crippen LogP contribution in [0.15, 0.2) is 12.4 Å². The Hall–Kier alpha value is -1.12. The molecule has 1 unspecified atom stereocenters.